The van der Waals surface area contributed by atoms with E-state index in [0.717, 1.165) is 22.1 Å². The molecule has 0 spiro atoms. The number of ether oxygens (including phenoxy) is 1. The lowest BCUT2D eigenvalue weighted by Crippen LogP contribution is -2.20. The molecule has 18 heavy (non-hydrogen) atoms. The first kappa shape index (κ1) is 12.5. The SMILES string of the molecule is CCOc1ccc(C(N)C2CC3CC3C2)cc1Br. The minimum Gasteiger partial charge on any atom is -0.493 e. The molecule has 3 atom stereocenters. The molecule has 2 saturated carbocycles. The number of benzene rings is 1. The molecule has 2 aliphatic carbocycles. The molecule has 1 aromatic rings. The third kappa shape index (κ3) is 2.30. The Morgan fingerprint density at radius 3 is 2.67 bits per heavy atom. The van der Waals surface area contributed by atoms with Crippen LogP contribution < -0.4 is 10.5 Å². The van der Waals surface area contributed by atoms with Gasteiger partial charge in [-0.05, 0) is 77.6 Å². The predicted molar refractivity (Wildman–Crippen MR) is 76.6 cm³/mol. The van der Waals surface area contributed by atoms with Gasteiger partial charge in [0.05, 0.1) is 11.1 Å². The summed E-state index contributed by atoms with van der Waals surface area (Å²) in [5.41, 5.74) is 7.65. The molecule has 0 aromatic heterocycles. The standard InChI is InChI=1S/C15H20BrNO/c1-2-18-14-4-3-9(8-13(14)16)15(17)12-6-10-5-11(10)7-12/h3-4,8,10-12,15H,2,5-7,17H2,1H3. The zero-order valence-corrected chi connectivity index (χ0v) is 12.3. The van der Waals surface area contributed by atoms with Gasteiger partial charge in [0.2, 0.25) is 0 Å². The van der Waals surface area contributed by atoms with Gasteiger partial charge in [-0.2, -0.15) is 0 Å². The second-order valence-corrected chi connectivity index (χ2v) is 6.49. The highest BCUT2D eigenvalue weighted by atomic mass is 79.9. The fourth-order valence-corrected chi connectivity index (χ4v) is 3.83. The van der Waals surface area contributed by atoms with Gasteiger partial charge < -0.3 is 10.5 Å². The summed E-state index contributed by atoms with van der Waals surface area (Å²) < 4.78 is 6.55. The second-order valence-electron chi connectivity index (χ2n) is 5.64. The molecule has 0 aliphatic heterocycles. The van der Waals surface area contributed by atoms with Gasteiger partial charge in [-0.3, -0.25) is 0 Å². The van der Waals surface area contributed by atoms with Crippen LogP contribution in [0.2, 0.25) is 0 Å². The van der Waals surface area contributed by atoms with Gasteiger partial charge in [0.15, 0.2) is 0 Å². The summed E-state index contributed by atoms with van der Waals surface area (Å²) in [6.45, 7) is 2.69. The summed E-state index contributed by atoms with van der Waals surface area (Å²) in [4.78, 5) is 0. The molecule has 0 saturated heterocycles. The predicted octanol–water partition coefficient (Wildman–Crippen LogP) is 3.89. The highest BCUT2D eigenvalue weighted by Crippen LogP contribution is 2.56. The molecule has 0 amide bonds. The largest absolute Gasteiger partial charge is 0.493 e. The highest BCUT2D eigenvalue weighted by Gasteiger charge is 2.47. The number of fused-ring (bicyclic) bond motifs is 1. The van der Waals surface area contributed by atoms with Gasteiger partial charge in [0.25, 0.3) is 0 Å². The van der Waals surface area contributed by atoms with Crippen LogP contribution >= 0.6 is 15.9 Å². The molecule has 1 aromatic carbocycles. The van der Waals surface area contributed by atoms with Crippen molar-refractivity contribution in [2.75, 3.05) is 6.61 Å². The van der Waals surface area contributed by atoms with E-state index in [-0.39, 0.29) is 6.04 Å². The van der Waals surface area contributed by atoms with Crippen molar-refractivity contribution >= 4 is 15.9 Å². The smallest absolute Gasteiger partial charge is 0.133 e. The Kier molecular flexibility index (Phi) is 3.37. The summed E-state index contributed by atoms with van der Waals surface area (Å²) in [5, 5.41) is 0. The highest BCUT2D eigenvalue weighted by molar-refractivity contribution is 9.10. The van der Waals surface area contributed by atoms with Crippen molar-refractivity contribution in [2.45, 2.75) is 32.2 Å². The Bertz CT molecular complexity index is 438. The van der Waals surface area contributed by atoms with Crippen LogP contribution in [0.5, 0.6) is 5.75 Å². The van der Waals surface area contributed by atoms with Gasteiger partial charge in [0.1, 0.15) is 5.75 Å². The van der Waals surface area contributed by atoms with Crippen LogP contribution in [-0.2, 0) is 0 Å². The molecule has 0 radical (unpaired) electrons. The molecule has 0 bridgehead atoms. The van der Waals surface area contributed by atoms with Crippen LogP contribution in [0.25, 0.3) is 0 Å². The Morgan fingerprint density at radius 1 is 1.33 bits per heavy atom. The van der Waals surface area contributed by atoms with E-state index in [1.165, 1.54) is 24.8 Å². The zero-order chi connectivity index (χ0) is 12.7. The molecule has 2 aliphatic rings. The average molecular weight is 310 g/mol. The van der Waals surface area contributed by atoms with Crippen molar-refractivity contribution in [3.8, 4) is 5.75 Å². The number of halogens is 1. The minimum atomic E-state index is 0.185. The molecule has 2 N–H and O–H groups in total. The van der Waals surface area contributed by atoms with E-state index in [2.05, 4.69) is 28.1 Å². The van der Waals surface area contributed by atoms with Crippen molar-refractivity contribution in [3.05, 3.63) is 28.2 Å². The Hall–Kier alpha value is -0.540. The number of nitrogens with two attached hydrogens (primary N) is 1. The molecule has 0 heterocycles. The maximum atomic E-state index is 6.41. The van der Waals surface area contributed by atoms with Crippen molar-refractivity contribution in [1.82, 2.24) is 0 Å². The topological polar surface area (TPSA) is 35.2 Å². The quantitative estimate of drug-likeness (QED) is 0.915. The van der Waals surface area contributed by atoms with Crippen LogP contribution in [-0.4, -0.2) is 6.61 Å². The van der Waals surface area contributed by atoms with E-state index in [9.17, 15) is 0 Å². The van der Waals surface area contributed by atoms with Crippen molar-refractivity contribution in [3.63, 3.8) is 0 Å². The summed E-state index contributed by atoms with van der Waals surface area (Å²) >= 11 is 3.57. The van der Waals surface area contributed by atoms with Crippen LogP contribution in [0, 0.1) is 17.8 Å². The summed E-state index contributed by atoms with van der Waals surface area (Å²) in [6.07, 6.45) is 4.11. The summed E-state index contributed by atoms with van der Waals surface area (Å²) in [5.74, 6) is 3.57. The second kappa shape index (κ2) is 4.86. The lowest BCUT2D eigenvalue weighted by molar-refractivity contribution is 0.337. The van der Waals surface area contributed by atoms with Crippen LogP contribution in [0.1, 0.15) is 37.8 Å². The number of hydrogen-bond acceptors (Lipinski definition) is 2. The molecule has 98 valence electrons. The van der Waals surface area contributed by atoms with Crippen molar-refractivity contribution in [2.24, 2.45) is 23.5 Å². The molecular weight excluding hydrogens is 290 g/mol. The molecular formula is C15H20BrNO. The molecule has 2 nitrogen and oxygen atoms in total. The van der Waals surface area contributed by atoms with Gasteiger partial charge in [0, 0.05) is 6.04 Å². The van der Waals surface area contributed by atoms with E-state index in [1.54, 1.807) is 0 Å². The first-order valence-corrected chi connectivity index (χ1v) is 7.66. The van der Waals surface area contributed by atoms with E-state index < -0.39 is 0 Å². The van der Waals surface area contributed by atoms with E-state index >= 15 is 0 Å². The van der Waals surface area contributed by atoms with Gasteiger partial charge in [-0.1, -0.05) is 6.07 Å². The van der Waals surface area contributed by atoms with Crippen LogP contribution in [0.15, 0.2) is 22.7 Å². The fourth-order valence-electron chi connectivity index (χ4n) is 3.32. The Balaban J connectivity index is 1.73. The lowest BCUT2D eigenvalue weighted by atomic mass is 9.90. The first-order chi connectivity index (χ1) is 8.69. The molecule has 3 heteroatoms. The average Bonchev–Trinajstić information content (AvgIpc) is 2.98. The van der Waals surface area contributed by atoms with E-state index in [0.29, 0.717) is 12.5 Å². The van der Waals surface area contributed by atoms with E-state index in [4.69, 9.17) is 10.5 Å². The van der Waals surface area contributed by atoms with Gasteiger partial charge >= 0.3 is 0 Å². The normalized spacial score (nSPS) is 30.9. The zero-order valence-electron chi connectivity index (χ0n) is 10.7. The third-order valence-corrected chi connectivity index (χ3v) is 5.05. The summed E-state index contributed by atoms with van der Waals surface area (Å²) in [6, 6.07) is 6.45. The molecule has 2 fully saturated rings. The Labute approximate surface area is 117 Å². The first-order valence-electron chi connectivity index (χ1n) is 6.87. The van der Waals surface area contributed by atoms with Crippen LogP contribution in [0.4, 0.5) is 0 Å². The third-order valence-electron chi connectivity index (χ3n) is 4.43. The van der Waals surface area contributed by atoms with Crippen molar-refractivity contribution < 1.29 is 4.74 Å². The maximum Gasteiger partial charge on any atom is 0.133 e. The molecule has 3 rings (SSSR count). The Morgan fingerprint density at radius 2 is 2.06 bits per heavy atom. The minimum absolute atomic E-state index is 0.185. The van der Waals surface area contributed by atoms with Crippen LogP contribution in [0.3, 0.4) is 0 Å². The molecule has 3 unspecified atom stereocenters. The fraction of sp³-hybridized carbons (Fsp3) is 0.600. The van der Waals surface area contributed by atoms with E-state index in [1.807, 2.05) is 13.0 Å². The maximum absolute atomic E-state index is 6.41. The monoisotopic (exact) mass is 309 g/mol. The van der Waals surface area contributed by atoms with Gasteiger partial charge in [-0.15, -0.1) is 0 Å². The number of rotatable bonds is 4. The number of hydrogen-bond donors (Lipinski definition) is 1. The van der Waals surface area contributed by atoms with Gasteiger partial charge in [-0.25, -0.2) is 0 Å². The lowest BCUT2D eigenvalue weighted by Gasteiger charge is -2.21. The summed E-state index contributed by atoms with van der Waals surface area (Å²) in [7, 11) is 0. The van der Waals surface area contributed by atoms with Crippen molar-refractivity contribution in [1.29, 1.82) is 0 Å².